The van der Waals surface area contributed by atoms with E-state index >= 15 is 0 Å². The molecule has 1 aliphatic carbocycles. The number of rotatable bonds is 0. The number of H-pyrrole nitrogens is 1. The standard InChI is InChI=1S/C16H20N2/c1-8-6-13-15-12(5)17-9(2)7-14(15)18-16(13)11(4)10(8)3/h6-7,10-11,18H,1-5H3. The molecule has 1 N–H and O–H groups in total. The van der Waals surface area contributed by atoms with Crippen molar-refractivity contribution < 1.29 is 0 Å². The van der Waals surface area contributed by atoms with Gasteiger partial charge in [-0.05, 0) is 32.8 Å². The molecule has 0 saturated heterocycles. The fraction of sp³-hybridized carbons (Fsp3) is 0.438. The lowest BCUT2D eigenvalue weighted by Crippen LogP contribution is -2.13. The average molecular weight is 240 g/mol. The smallest absolute Gasteiger partial charge is 0.0498 e. The van der Waals surface area contributed by atoms with E-state index in [4.69, 9.17) is 0 Å². The van der Waals surface area contributed by atoms with E-state index in [1.165, 1.54) is 27.7 Å². The van der Waals surface area contributed by atoms with Gasteiger partial charge >= 0.3 is 0 Å². The maximum atomic E-state index is 4.60. The zero-order chi connectivity index (χ0) is 13.0. The third-order valence-corrected chi connectivity index (χ3v) is 4.45. The molecule has 18 heavy (non-hydrogen) atoms. The fourth-order valence-corrected chi connectivity index (χ4v) is 3.13. The minimum atomic E-state index is 0.553. The van der Waals surface area contributed by atoms with Crippen molar-refractivity contribution in [3.63, 3.8) is 0 Å². The van der Waals surface area contributed by atoms with E-state index in [1.807, 2.05) is 0 Å². The van der Waals surface area contributed by atoms with Gasteiger partial charge in [0.05, 0.1) is 0 Å². The number of aromatic nitrogens is 2. The number of nitrogens with one attached hydrogen (secondary N) is 1. The van der Waals surface area contributed by atoms with Gasteiger partial charge in [-0.15, -0.1) is 0 Å². The van der Waals surface area contributed by atoms with Gasteiger partial charge in [-0.2, -0.15) is 0 Å². The molecule has 0 radical (unpaired) electrons. The summed E-state index contributed by atoms with van der Waals surface area (Å²) in [7, 11) is 0. The maximum Gasteiger partial charge on any atom is 0.0498 e. The Morgan fingerprint density at radius 2 is 1.83 bits per heavy atom. The van der Waals surface area contributed by atoms with Crippen LogP contribution in [0.15, 0.2) is 11.6 Å². The lowest BCUT2D eigenvalue weighted by atomic mass is 9.80. The van der Waals surface area contributed by atoms with Gasteiger partial charge in [0.15, 0.2) is 0 Å². The summed E-state index contributed by atoms with van der Waals surface area (Å²) in [5, 5.41) is 1.30. The van der Waals surface area contributed by atoms with E-state index < -0.39 is 0 Å². The first-order valence-corrected chi connectivity index (χ1v) is 6.67. The van der Waals surface area contributed by atoms with E-state index in [9.17, 15) is 0 Å². The minimum absolute atomic E-state index is 0.553. The monoisotopic (exact) mass is 240 g/mol. The van der Waals surface area contributed by atoms with E-state index in [0.717, 1.165) is 11.4 Å². The third-order valence-electron chi connectivity index (χ3n) is 4.45. The molecule has 0 fully saturated rings. The molecular formula is C16H20N2. The molecule has 94 valence electrons. The molecule has 2 heteroatoms. The summed E-state index contributed by atoms with van der Waals surface area (Å²) in [4.78, 5) is 8.22. The summed E-state index contributed by atoms with van der Waals surface area (Å²) in [5.41, 5.74) is 7.65. The number of fused-ring (bicyclic) bond motifs is 3. The largest absolute Gasteiger partial charge is 0.358 e. The van der Waals surface area contributed by atoms with Crippen LogP contribution in [0.25, 0.3) is 17.0 Å². The molecule has 0 saturated carbocycles. The Morgan fingerprint density at radius 3 is 2.56 bits per heavy atom. The SMILES string of the molecule is CC1=Cc2c([nH]c3cc(C)nc(C)c23)C(C)C1C. The van der Waals surface area contributed by atoms with Gasteiger partial charge in [-0.25, -0.2) is 0 Å². The zero-order valence-corrected chi connectivity index (χ0v) is 11.8. The van der Waals surface area contributed by atoms with Gasteiger partial charge < -0.3 is 4.98 Å². The van der Waals surface area contributed by atoms with Gasteiger partial charge in [0.25, 0.3) is 0 Å². The molecular weight excluding hydrogens is 220 g/mol. The average Bonchev–Trinajstić information content (AvgIpc) is 2.64. The molecule has 3 rings (SSSR count). The first-order chi connectivity index (χ1) is 8.49. The molecule has 2 aromatic heterocycles. The molecule has 2 heterocycles. The predicted octanol–water partition coefficient (Wildman–Crippen LogP) is 4.34. The molecule has 1 aliphatic rings. The first kappa shape index (κ1) is 11.5. The zero-order valence-electron chi connectivity index (χ0n) is 11.8. The van der Waals surface area contributed by atoms with Crippen molar-refractivity contribution in [2.45, 2.75) is 40.5 Å². The Bertz CT molecular complexity index is 661. The Hall–Kier alpha value is -1.57. The van der Waals surface area contributed by atoms with Crippen LogP contribution in [-0.4, -0.2) is 9.97 Å². The fourth-order valence-electron chi connectivity index (χ4n) is 3.13. The lowest BCUT2D eigenvalue weighted by molar-refractivity contribution is 0.546. The van der Waals surface area contributed by atoms with Crippen LogP contribution in [0.1, 0.15) is 49.3 Å². The van der Waals surface area contributed by atoms with E-state index in [-0.39, 0.29) is 0 Å². The van der Waals surface area contributed by atoms with Crippen LogP contribution in [0.4, 0.5) is 0 Å². The predicted molar refractivity (Wildman–Crippen MR) is 76.8 cm³/mol. The van der Waals surface area contributed by atoms with Crippen LogP contribution in [0.3, 0.4) is 0 Å². The molecule has 0 aliphatic heterocycles. The minimum Gasteiger partial charge on any atom is -0.358 e. The van der Waals surface area contributed by atoms with Crippen molar-refractivity contribution in [1.29, 1.82) is 0 Å². The van der Waals surface area contributed by atoms with Crippen molar-refractivity contribution >= 4 is 17.0 Å². The van der Waals surface area contributed by atoms with E-state index in [2.05, 4.69) is 56.7 Å². The number of pyridine rings is 1. The second-order valence-corrected chi connectivity index (χ2v) is 5.69. The van der Waals surface area contributed by atoms with Crippen molar-refractivity contribution in [2.24, 2.45) is 5.92 Å². The number of aromatic amines is 1. The quantitative estimate of drug-likeness (QED) is 0.729. The molecule has 0 bridgehead atoms. The molecule has 0 amide bonds. The number of hydrogen-bond acceptors (Lipinski definition) is 1. The second-order valence-electron chi connectivity index (χ2n) is 5.69. The van der Waals surface area contributed by atoms with Crippen molar-refractivity contribution in [3.05, 3.63) is 34.3 Å². The molecule has 2 atom stereocenters. The Labute approximate surface area is 108 Å². The van der Waals surface area contributed by atoms with Crippen LogP contribution < -0.4 is 0 Å². The number of hydrogen-bond donors (Lipinski definition) is 1. The molecule has 2 unspecified atom stereocenters. The molecule has 0 aromatic carbocycles. The highest BCUT2D eigenvalue weighted by Gasteiger charge is 2.26. The highest BCUT2D eigenvalue weighted by molar-refractivity contribution is 5.93. The van der Waals surface area contributed by atoms with Crippen molar-refractivity contribution in [3.8, 4) is 0 Å². The number of nitrogens with zero attached hydrogens (tertiary/aromatic N) is 1. The Morgan fingerprint density at radius 1 is 1.11 bits per heavy atom. The van der Waals surface area contributed by atoms with Crippen LogP contribution in [0, 0.1) is 19.8 Å². The topological polar surface area (TPSA) is 28.7 Å². The van der Waals surface area contributed by atoms with Crippen LogP contribution >= 0.6 is 0 Å². The third kappa shape index (κ3) is 1.45. The molecule has 2 aromatic rings. The maximum absolute atomic E-state index is 4.60. The van der Waals surface area contributed by atoms with Crippen molar-refractivity contribution in [1.82, 2.24) is 9.97 Å². The first-order valence-electron chi connectivity index (χ1n) is 6.67. The molecule has 2 nitrogen and oxygen atoms in total. The van der Waals surface area contributed by atoms with Gasteiger partial charge in [0.2, 0.25) is 0 Å². The van der Waals surface area contributed by atoms with Crippen LogP contribution in [0.2, 0.25) is 0 Å². The van der Waals surface area contributed by atoms with Gasteiger partial charge in [0.1, 0.15) is 0 Å². The van der Waals surface area contributed by atoms with Crippen molar-refractivity contribution in [2.75, 3.05) is 0 Å². The van der Waals surface area contributed by atoms with Gasteiger partial charge in [-0.3, -0.25) is 4.98 Å². The normalized spacial score (nSPS) is 23.1. The highest BCUT2D eigenvalue weighted by Crippen LogP contribution is 2.41. The summed E-state index contributed by atoms with van der Waals surface area (Å²) in [6, 6.07) is 2.15. The second kappa shape index (κ2) is 3.71. The Balaban J connectivity index is 2.39. The van der Waals surface area contributed by atoms with E-state index in [0.29, 0.717) is 11.8 Å². The summed E-state index contributed by atoms with van der Waals surface area (Å²) in [6.07, 6.45) is 2.34. The number of allylic oxidation sites excluding steroid dienone is 1. The lowest BCUT2D eigenvalue weighted by Gasteiger charge is -2.25. The van der Waals surface area contributed by atoms with Gasteiger partial charge in [-0.1, -0.05) is 25.5 Å². The summed E-state index contributed by atoms with van der Waals surface area (Å²) in [6.45, 7) is 11.0. The Kier molecular flexibility index (Phi) is 2.37. The van der Waals surface area contributed by atoms with E-state index in [1.54, 1.807) is 0 Å². The van der Waals surface area contributed by atoms with Crippen LogP contribution in [-0.2, 0) is 0 Å². The number of aryl methyl sites for hydroxylation is 2. The summed E-state index contributed by atoms with van der Waals surface area (Å²) in [5.74, 6) is 1.16. The van der Waals surface area contributed by atoms with Gasteiger partial charge in [0, 0.05) is 39.5 Å². The molecule has 0 spiro atoms. The summed E-state index contributed by atoms with van der Waals surface area (Å²) < 4.78 is 0. The summed E-state index contributed by atoms with van der Waals surface area (Å²) >= 11 is 0. The van der Waals surface area contributed by atoms with Crippen LogP contribution in [0.5, 0.6) is 0 Å². The highest BCUT2D eigenvalue weighted by atomic mass is 14.8.